The van der Waals surface area contributed by atoms with E-state index < -0.39 is 16.1 Å². The molecule has 5 nitrogen and oxygen atoms in total. The zero-order valence-corrected chi connectivity index (χ0v) is 17.9. The Morgan fingerprint density at radius 3 is 2.29 bits per heavy atom. The third-order valence-electron chi connectivity index (χ3n) is 4.61. The van der Waals surface area contributed by atoms with E-state index in [1.165, 1.54) is 15.4 Å². The summed E-state index contributed by atoms with van der Waals surface area (Å²) in [6.07, 6.45) is 3.20. The van der Waals surface area contributed by atoms with Gasteiger partial charge in [0, 0.05) is 6.54 Å². The molecule has 2 aromatic rings. The van der Waals surface area contributed by atoms with Crippen LogP contribution in [-0.4, -0.2) is 33.2 Å². The molecule has 0 aliphatic carbocycles. The fourth-order valence-electron chi connectivity index (χ4n) is 3.31. The van der Waals surface area contributed by atoms with Crippen molar-refractivity contribution in [2.24, 2.45) is 0 Å². The Labute approximate surface area is 168 Å². The average Bonchev–Trinajstić information content (AvgIpc) is 2.62. The monoisotopic (exact) mass is 402 g/mol. The first kappa shape index (κ1) is 22.0. The fourth-order valence-corrected chi connectivity index (χ4v) is 4.52. The van der Waals surface area contributed by atoms with E-state index in [0.717, 1.165) is 24.7 Å². The van der Waals surface area contributed by atoms with Gasteiger partial charge in [-0.1, -0.05) is 48.9 Å². The topological polar surface area (TPSA) is 66.5 Å². The minimum absolute atomic E-state index is 0.265. The summed E-state index contributed by atoms with van der Waals surface area (Å²) in [5.74, 6) is -0.265. The standard InChI is InChI=1S/C22H30N2O3S/c1-5-21(24(28(4,26)27)20-13-7-10-18(3)16-20)22(25)23-14-8-12-19-11-6-9-17(2)15-19/h6-7,9-11,13,15-16,21H,5,8,12,14H2,1-4H3,(H,23,25). The van der Waals surface area contributed by atoms with Crippen molar-refractivity contribution in [2.45, 2.75) is 46.1 Å². The van der Waals surface area contributed by atoms with Gasteiger partial charge in [0.25, 0.3) is 0 Å². The van der Waals surface area contributed by atoms with Gasteiger partial charge in [-0.25, -0.2) is 8.42 Å². The smallest absolute Gasteiger partial charge is 0.243 e. The van der Waals surface area contributed by atoms with Crippen LogP contribution in [0.3, 0.4) is 0 Å². The normalized spacial score (nSPS) is 12.4. The highest BCUT2D eigenvalue weighted by molar-refractivity contribution is 7.92. The van der Waals surface area contributed by atoms with Crippen LogP contribution in [0.2, 0.25) is 0 Å². The number of hydrogen-bond acceptors (Lipinski definition) is 3. The second-order valence-electron chi connectivity index (χ2n) is 7.21. The van der Waals surface area contributed by atoms with E-state index in [9.17, 15) is 13.2 Å². The lowest BCUT2D eigenvalue weighted by atomic mass is 10.1. The molecule has 6 heteroatoms. The minimum Gasteiger partial charge on any atom is -0.354 e. The lowest BCUT2D eigenvalue weighted by Gasteiger charge is -2.30. The summed E-state index contributed by atoms with van der Waals surface area (Å²) in [6, 6.07) is 14.7. The number of amides is 1. The Balaban J connectivity index is 2.05. The lowest BCUT2D eigenvalue weighted by molar-refractivity contribution is -0.122. The van der Waals surface area contributed by atoms with Crippen LogP contribution in [0, 0.1) is 13.8 Å². The molecule has 0 aliphatic rings. The maximum atomic E-state index is 12.8. The maximum Gasteiger partial charge on any atom is 0.243 e. The summed E-state index contributed by atoms with van der Waals surface area (Å²) in [7, 11) is -3.60. The first-order valence-corrected chi connectivity index (χ1v) is 11.5. The average molecular weight is 403 g/mol. The largest absolute Gasteiger partial charge is 0.354 e. The number of anilines is 1. The summed E-state index contributed by atoms with van der Waals surface area (Å²) in [5.41, 5.74) is 3.91. The molecule has 1 atom stereocenters. The molecular formula is C22H30N2O3S. The number of carbonyl (C=O) groups excluding carboxylic acids is 1. The summed E-state index contributed by atoms with van der Waals surface area (Å²) in [6.45, 7) is 6.29. The minimum atomic E-state index is -3.60. The van der Waals surface area contributed by atoms with Gasteiger partial charge in [-0.15, -0.1) is 0 Å². The molecule has 0 heterocycles. The van der Waals surface area contributed by atoms with Gasteiger partial charge in [0.15, 0.2) is 0 Å². The molecule has 2 aromatic carbocycles. The van der Waals surface area contributed by atoms with E-state index >= 15 is 0 Å². The molecule has 0 radical (unpaired) electrons. The van der Waals surface area contributed by atoms with Crippen LogP contribution in [-0.2, 0) is 21.2 Å². The number of sulfonamides is 1. The second kappa shape index (κ2) is 9.73. The molecule has 0 aliphatic heterocycles. The molecule has 2 rings (SSSR count). The number of hydrogen-bond donors (Lipinski definition) is 1. The molecule has 0 saturated carbocycles. The first-order valence-electron chi connectivity index (χ1n) is 9.61. The third-order valence-corrected chi connectivity index (χ3v) is 5.79. The van der Waals surface area contributed by atoms with Crippen molar-refractivity contribution in [1.82, 2.24) is 5.32 Å². The van der Waals surface area contributed by atoms with Gasteiger partial charge in [0.2, 0.25) is 15.9 Å². The number of nitrogens with zero attached hydrogens (tertiary/aromatic N) is 1. The molecule has 152 valence electrons. The highest BCUT2D eigenvalue weighted by atomic mass is 32.2. The Bertz CT molecular complexity index is 910. The molecule has 0 bridgehead atoms. The van der Waals surface area contributed by atoms with Crippen LogP contribution in [0.4, 0.5) is 5.69 Å². The van der Waals surface area contributed by atoms with E-state index in [4.69, 9.17) is 0 Å². The van der Waals surface area contributed by atoms with Crippen LogP contribution in [0.1, 0.15) is 36.5 Å². The van der Waals surface area contributed by atoms with Crippen LogP contribution in [0.25, 0.3) is 0 Å². The van der Waals surface area contributed by atoms with E-state index in [0.29, 0.717) is 18.7 Å². The number of aryl methyl sites for hydroxylation is 3. The van der Waals surface area contributed by atoms with Crippen molar-refractivity contribution in [2.75, 3.05) is 17.1 Å². The quantitative estimate of drug-likeness (QED) is 0.652. The van der Waals surface area contributed by atoms with Gasteiger partial charge in [-0.3, -0.25) is 9.10 Å². The van der Waals surface area contributed by atoms with Crippen molar-refractivity contribution in [1.29, 1.82) is 0 Å². The first-order chi connectivity index (χ1) is 13.2. The van der Waals surface area contributed by atoms with E-state index in [1.807, 2.05) is 26.0 Å². The number of nitrogens with one attached hydrogen (secondary N) is 1. The number of rotatable bonds is 9. The van der Waals surface area contributed by atoms with Crippen LogP contribution in [0.15, 0.2) is 48.5 Å². The van der Waals surface area contributed by atoms with E-state index in [1.54, 1.807) is 18.2 Å². The molecule has 0 aromatic heterocycles. The number of benzene rings is 2. The second-order valence-corrected chi connectivity index (χ2v) is 9.06. The number of carbonyl (C=O) groups is 1. The molecule has 1 amide bonds. The third kappa shape index (κ3) is 6.09. The van der Waals surface area contributed by atoms with Gasteiger partial charge in [-0.05, 0) is 56.4 Å². The zero-order chi connectivity index (χ0) is 20.7. The molecule has 0 saturated heterocycles. The predicted molar refractivity (Wildman–Crippen MR) is 115 cm³/mol. The van der Waals surface area contributed by atoms with Crippen molar-refractivity contribution in [3.63, 3.8) is 0 Å². The van der Waals surface area contributed by atoms with Crippen molar-refractivity contribution in [3.05, 3.63) is 65.2 Å². The van der Waals surface area contributed by atoms with Crippen molar-refractivity contribution >= 4 is 21.6 Å². The van der Waals surface area contributed by atoms with Gasteiger partial charge in [0.1, 0.15) is 6.04 Å². The van der Waals surface area contributed by atoms with Gasteiger partial charge in [0.05, 0.1) is 11.9 Å². The van der Waals surface area contributed by atoms with Gasteiger partial charge >= 0.3 is 0 Å². The Morgan fingerprint density at radius 1 is 1.07 bits per heavy atom. The molecule has 28 heavy (non-hydrogen) atoms. The molecule has 0 spiro atoms. The van der Waals surface area contributed by atoms with Gasteiger partial charge in [-0.2, -0.15) is 0 Å². The highest BCUT2D eigenvalue weighted by Gasteiger charge is 2.31. The molecule has 1 unspecified atom stereocenters. The van der Waals surface area contributed by atoms with Crippen molar-refractivity contribution < 1.29 is 13.2 Å². The zero-order valence-electron chi connectivity index (χ0n) is 17.1. The fraction of sp³-hybridized carbons (Fsp3) is 0.409. The Morgan fingerprint density at radius 2 is 1.71 bits per heavy atom. The Hall–Kier alpha value is -2.34. The lowest BCUT2D eigenvalue weighted by Crippen LogP contribution is -2.49. The van der Waals surface area contributed by atoms with Crippen LogP contribution in [0.5, 0.6) is 0 Å². The van der Waals surface area contributed by atoms with Crippen LogP contribution < -0.4 is 9.62 Å². The van der Waals surface area contributed by atoms with Crippen molar-refractivity contribution in [3.8, 4) is 0 Å². The predicted octanol–water partition coefficient (Wildman–Crippen LogP) is 3.60. The Kier molecular flexibility index (Phi) is 7.63. The van der Waals surface area contributed by atoms with E-state index in [-0.39, 0.29) is 5.91 Å². The SMILES string of the molecule is CCC(C(=O)NCCCc1cccc(C)c1)N(c1cccc(C)c1)S(C)(=O)=O. The maximum absolute atomic E-state index is 12.8. The molecular weight excluding hydrogens is 372 g/mol. The summed E-state index contributed by atoms with van der Waals surface area (Å²) in [4.78, 5) is 12.8. The van der Waals surface area contributed by atoms with Gasteiger partial charge < -0.3 is 5.32 Å². The summed E-state index contributed by atoms with van der Waals surface area (Å²) >= 11 is 0. The summed E-state index contributed by atoms with van der Waals surface area (Å²) < 4.78 is 26.1. The van der Waals surface area contributed by atoms with Crippen LogP contribution >= 0.6 is 0 Å². The molecule has 0 fully saturated rings. The molecule has 1 N–H and O–H groups in total. The van der Waals surface area contributed by atoms with E-state index in [2.05, 4.69) is 30.4 Å². The summed E-state index contributed by atoms with van der Waals surface area (Å²) in [5, 5.41) is 2.91. The highest BCUT2D eigenvalue weighted by Crippen LogP contribution is 2.23.